The molecule has 1 aromatic rings. The lowest BCUT2D eigenvalue weighted by Gasteiger charge is -2.09. The second-order valence-electron chi connectivity index (χ2n) is 3.24. The number of nitro groups is 1. The topological polar surface area (TPSA) is 52.4 Å². The van der Waals surface area contributed by atoms with Crippen LogP contribution < -0.4 is 4.74 Å². The highest BCUT2D eigenvalue weighted by atomic mass is 19.4. The smallest absolute Gasteiger partial charge is 0.416 e. The van der Waals surface area contributed by atoms with Crippen LogP contribution in [-0.4, -0.2) is 11.5 Å². The van der Waals surface area contributed by atoms with Gasteiger partial charge in [0.25, 0.3) is 0 Å². The summed E-state index contributed by atoms with van der Waals surface area (Å²) < 4.78 is 42.1. The first-order valence-electron chi connectivity index (χ1n) is 4.78. The van der Waals surface area contributed by atoms with Crippen LogP contribution in [0.2, 0.25) is 0 Å². The number of hydrogen-bond acceptors (Lipinski definition) is 3. The zero-order valence-electron chi connectivity index (χ0n) is 9.03. The van der Waals surface area contributed by atoms with Crippen LogP contribution in [0.15, 0.2) is 18.2 Å². The van der Waals surface area contributed by atoms with Crippen LogP contribution in [0.1, 0.15) is 12.0 Å². The summed E-state index contributed by atoms with van der Waals surface area (Å²) in [4.78, 5) is 9.72. The fourth-order valence-corrected chi connectivity index (χ4v) is 1.18. The van der Waals surface area contributed by atoms with E-state index < -0.39 is 22.4 Å². The molecule has 0 unspecified atom stereocenters. The van der Waals surface area contributed by atoms with Crippen molar-refractivity contribution in [2.24, 2.45) is 0 Å². The van der Waals surface area contributed by atoms with Gasteiger partial charge in [0.2, 0.25) is 0 Å². The number of ether oxygens (including phenoxy) is 1. The van der Waals surface area contributed by atoms with E-state index >= 15 is 0 Å². The monoisotopic (exact) mass is 259 g/mol. The number of nitro benzene ring substituents is 1. The number of alkyl halides is 3. The Hall–Kier alpha value is -2.23. The molecule has 4 nitrogen and oxygen atoms in total. The number of benzene rings is 1. The lowest BCUT2D eigenvalue weighted by Crippen LogP contribution is -2.07. The van der Waals surface area contributed by atoms with E-state index in [0.29, 0.717) is 6.07 Å². The average Bonchev–Trinajstić information content (AvgIpc) is 2.28. The molecule has 1 aromatic carbocycles. The number of hydrogen-bond donors (Lipinski definition) is 0. The number of rotatable bonds is 4. The van der Waals surface area contributed by atoms with Crippen molar-refractivity contribution in [1.82, 2.24) is 0 Å². The van der Waals surface area contributed by atoms with Crippen molar-refractivity contribution in [1.29, 1.82) is 0 Å². The number of nitrogens with zero attached hydrogens (tertiary/aromatic N) is 1. The summed E-state index contributed by atoms with van der Waals surface area (Å²) in [6.45, 7) is 0.00268. The Morgan fingerprint density at radius 2 is 2.11 bits per heavy atom. The molecule has 0 spiro atoms. The molecule has 0 bridgehead atoms. The molecule has 0 aliphatic heterocycles. The fraction of sp³-hybridized carbons (Fsp3) is 0.273. The van der Waals surface area contributed by atoms with Crippen molar-refractivity contribution in [2.45, 2.75) is 12.6 Å². The summed E-state index contributed by atoms with van der Waals surface area (Å²) in [5, 5.41) is 10.7. The Kier molecular flexibility index (Phi) is 4.15. The van der Waals surface area contributed by atoms with Crippen molar-refractivity contribution >= 4 is 5.69 Å². The van der Waals surface area contributed by atoms with Gasteiger partial charge >= 0.3 is 11.9 Å². The van der Waals surface area contributed by atoms with Crippen molar-refractivity contribution in [3.8, 4) is 18.1 Å². The van der Waals surface area contributed by atoms with Crippen LogP contribution in [0.5, 0.6) is 5.75 Å². The second kappa shape index (κ2) is 5.40. The van der Waals surface area contributed by atoms with Crippen LogP contribution in [0.4, 0.5) is 18.9 Å². The van der Waals surface area contributed by atoms with Crippen LogP contribution in [0.25, 0.3) is 0 Å². The maximum atomic E-state index is 12.4. The van der Waals surface area contributed by atoms with Gasteiger partial charge in [-0.2, -0.15) is 13.2 Å². The largest absolute Gasteiger partial charge is 0.486 e. The standard InChI is InChI=1S/C11H8F3NO3/c1-2-3-6-18-10-5-4-8(11(12,13)14)7-9(10)15(16)17/h1,4-5,7H,3,6H2. The van der Waals surface area contributed by atoms with Gasteiger partial charge in [-0.1, -0.05) is 0 Å². The van der Waals surface area contributed by atoms with E-state index in [1.807, 2.05) is 0 Å². The van der Waals surface area contributed by atoms with Gasteiger partial charge in [0, 0.05) is 12.5 Å². The molecule has 0 heterocycles. The molecule has 0 atom stereocenters. The molecular weight excluding hydrogens is 251 g/mol. The Bertz CT molecular complexity index is 491. The van der Waals surface area contributed by atoms with Crippen LogP contribution >= 0.6 is 0 Å². The molecule has 18 heavy (non-hydrogen) atoms. The Labute approximate surface area is 101 Å². The van der Waals surface area contributed by atoms with E-state index in [2.05, 4.69) is 5.92 Å². The van der Waals surface area contributed by atoms with Gasteiger partial charge < -0.3 is 4.74 Å². The van der Waals surface area contributed by atoms with E-state index in [1.165, 1.54) is 0 Å². The first-order valence-corrected chi connectivity index (χ1v) is 4.78. The van der Waals surface area contributed by atoms with Crippen molar-refractivity contribution in [3.05, 3.63) is 33.9 Å². The molecule has 0 radical (unpaired) electrons. The molecular formula is C11H8F3NO3. The quantitative estimate of drug-likeness (QED) is 0.361. The van der Waals surface area contributed by atoms with Gasteiger partial charge in [0.15, 0.2) is 5.75 Å². The van der Waals surface area contributed by atoms with Crippen molar-refractivity contribution in [3.63, 3.8) is 0 Å². The molecule has 0 aromatic heterocycles. The number of terminal acetylenes is 1. The van der Waals surface area contributed by atoms with Gasteiger partial charge in [0.1, 0.15) is 0 Å². The van der Waals surface area contributed by atoms with Crippen LogP contribution in [0.3, 0.4) is 0 Å². The van der Waals surface area contributed by atoms with Crippen molar-refractivity contribution < 1.29 is 22.8 Å². The van der Waals surface area contributed by atoms with Gasteiger partial charge in [0.05, 0.1) is 17.1 Å². The molecule has 0 saturated heterocycles. The molecule has 0 saturated carbocycles. The van der Waals surface area contributed by atoms with Gasteiger partial charge in [-0.3, -0.25) is 10.1 Å². The van der Waals surface area contributed by atoms with Gasteiger partial charge in [-0.25, -0.2) is 0 Å². The first-order chi connectivity index (χ1) is 8.36. The van der Waals surface area contributed by atoms with Gasteiger partial charge in [-0.15, -0.1) is 12.3 Å². The maximum Gasteiger partial charge on any atom is 0.416 e. The lowest BCUT2D eigenvalue weighted by molar-refractivity contribution is -0.386. The molecule has 0 fully saturated rings. The summed E-state index contributed by atoms with van der Waals surface area (Å²) in [7, 11) is 0. The second-order valence-corrected chi connectivity index (χ2v) is 3.24. The molecule has 0 aliphatic rings. The molecule has 96 valence electrons. The molecule has 1 rings (SSSR count). The predicted molar refractivity (Wildman–Crippen MR) is 57.0 cm³/mol. The molecule has 7 heteroatoms. The van der Waals surface area contributed by atoms with Crippen molar-refractivity contribution in [2.75, 3.05) is 6.61 Å². The average molecular weight is 259 g/mol. The highest BCUT2D eigenvalue weighted by Crippen LogP contribution is 2.35. The van der Waals surface area contributed by atoms with E-state index in [0.717, 1.165) is 12.1 Å². The summed E-state index contributed by atoms with van der Waals surface area (Å²) in [6.07, 6.45) is 0.529. The summed E-state index contributed by atoms with van der Waals surface area (Å²) in [5.41, 5.74) is -1.83. The molecule has 0 amide bonds. The molecule has 0 aliphatic carbocycles. The van der Waals surface area contributed by atoms with E-state index in [9.17, 15) is 23.3 Å². The lowest BCUT2D eigenvalue weighted by atomic mass is 10.2. The summed E-state index contributed by atoms with van der Waals surface area (Å²) >= 11 is 0. The summed E-state index contributed by atoms with van der Waals surface area (Å²) in [5.74, 6) is 2.01. The van der Waals surface area contributed by atoms with E-state index in [1.54, 1.807) is 0 Å². The Morgan fingerprint density at radius 3 is 2.61 bits per heavy atom. The van der Waals surface area contributed by atoms with Crippen LogP contribution in [0, 0.1) is 22.5 Å². The predicted octanol–water partition coefficient (Wildman–Crippen LogP) is 3.02. The minimum atomic E-state index is -4.64. The fourth-order valence-electron chi connectivity index (χ4n) is 1.18. The third-order valence-corrected chi connectivity index (χ3v) is 1.99. The first kappa shape index (κ1) is 13.8. The highest BCUT2D eigenvalue weighted by Gasteiger charge is 2.33. The maximum absolute atomic E-state index is 12.4. The van der Waals surface area contributed by atoms with E-state index in [4.69, 9.17) is 11.2 Å². The molecule has 0 N–H and O–H groups in total. The normalized spacial score (nSPS) is 10.8. The Morgan fingerprint density at radius 1 is 1.44 bits per heavy atom. The highest BCUT2D eigenvalue weighted by molar-refractivity contribution is 5.49. The third kappa shape index (κ3) is 3.38. The minimum Gasteiger partial charge on any atom is -0.486 e. The zero-order valence-corrected chi connectivity index (χ0v) is 9.03. The number of halogens is 3. The SMILES string of the molecule is C#CCCOc1ccc(C(F)(F)F)cc1[N+](=O)[O-]. The van der Waals surface area contributed by atoms with Gasteiger partial charge in [-0.05, 0) is 12.1 Å². The summed E-state index contributed by atoms with van der Waals surface area (Å²) in [6, 6.07) is 2.07. The minimum absolute atomic E-state index is 0.00268. The van der Waals surface area contributed by atoms with E-state index in [-0.39, 0.29) is 18.8 Å². The third-order valence-electron chi connectivity index (χ3n) is 1.99. The zero-order chi connectivity index (χ0) is 13.8. The Balaban J connectivity index is 3.06. The van der Waals surface area contributed by atoms with Crippen LogP contribution in [-0.2, 0) is 6.18 Å².